The van der Waals surface area contributed by atoms with Crippen molar-refractivity contribution in [3.63, 3.8) is 0 Å². The Balaban J connectivity index is 2.38. The number of carbonyl (C=O) groups excluding carboxylic acids is 1. The van der Waals surface area contributed by atoms with Crippen molar-refractivity contribution in [3.8, 4) is 11.1 Å². The van der Waals surface area contributed by atoms with Crippen LogP contribution < -0.4 is 0 Å². The van der Waals surface area contributed by atoms with Crippen molar-refractivity contribution < 1.29 is 19.4 Å². The number of hydrogen-bond acceptors (Lipinski definition) is 4. The van der Waals surface area contributed by atoms with E-state index in [0.29, 0.717) is 16.1 Å². The molecule has 3 aromatic rings. The first-order valence-electron chi connectivity index (χ1n) is 10.0. The third-order valence-electron chi connectivity index (χ3n) is 4.71. The summed E-state index contributed by atoms with van der Waals surface area (Å²) >= 11 is 6.12. The first-order valence-corrected chi connectivity index (χ1v) is 10.4. The van der Waals surface area contributed by atoms with E-state index >= 15 is 0 Å². The summed E-state index contributed by atoms with van der Waals surface area (Å²) in [7, 11) is 0. The molecule has 0 saturated carbocycles. The number of esters is 1. The second kappa shape index (κ2) is 9.17. The van der Waals surface area contributed by atoms with Gasteiger partial charge in [-0.2, -0.15) is 0 Å². The van der Waals surface area contributed by atoms with Gasteiger partial charge in [-0.3, -0.25) is 0 Å². The number of rotatable bonds is 6. The highest BCUT2D eigenvalue weighted by molar-refractivity contribution is 6.30. The van der Waals surface area contributed by atoms with Gasteiger partial charge in [0.2, 0.25) is 0 Å². The molecule has 0 saturated heterocycles. The molecular formula is C25H27ClO4. The van der Waals surface area contributed by atoms with Crippen LogP contribution in [0.15, 0.2) is 54.6 Å². The minimum atomic E-state index is -0.984. The second-order valence-electron chi connectivity index (χ2n) is 8.07. The quantitative estimate of drug-likeness (QED) is 0.486. The molecule has 1 atom stereocenters. The number of carbonyl (C=O) groups is 1. The van der Waals surface area contributed by atoms with Crippen molar-refractivity contribution in [1.29, 1.82) is 0 Å². The van der Waals surface area contributed by atoms with E-state index in [4.69, 9.17) is 21.1 Å². The molecule has 30 heavy (non-hydrogen) atoms. The Morgan fingerprint density at radius 1 is 1.10 bits per heavy atom. The van der Waals surface area contributed by atoms with Gasteiger partial charge >= 0.3 is 5.97 Å². The Morgan fingerprint density at radius 2 is 1.77 bits per heavy atom. The molecular weight excluding hydrogens is 400 g/mol. The molecule has 4 nitrogen and oxygen atoms in total. The summed E-state index contributed by atoms with van der Waals surface area (Å²) in [5.74, 6) is -0.479. The van der Waals surface area contributed by atoms with E-state index in [-0.39, 0.29) is 13.2 Å². The van der Waals surface area contributed by atoms with Gasteiger partial charge in [-0.15, -0.1) is 0 Å². The van der Waals surface area contributed by atoms with E-state index in [1.54, 1.807) is 6.92 Å². The molecule has 0 aliphatic rings. The number of aliphatic hydroxyl groups is 1. The van der Waals surface area contributed by atoms with Crippen LogP contribution in [0, 0.1) is 0 Å². The van der Waals surface area contributed by atoms with Crippen LogP contribution in [0.5, 0.6) is 0 Å². The molecule has 158 valence electrons. The van der Waals surface area contributed by atoms with Gasteiger partial charge in [-0.25, -0.2) is 4.79 Å². The standard InChI is InChI=1S/C25H27ClO4/c1-5-29-24(28)23(30-25(2,3)4)22-18(15-27)14-17-8-6-7-9-20(17)21(22)16-10-12-19(26)13-11-16/h6-14,23,27H,5,15H2,1-4H3. The molecule has 0 bridgehead atoms. The molecule has 0 aliphatic heterocycles. The lowest BCUT2D eigenvalue weighted by atomic mass is 9.87. The third kappa shape index (κ3) is 4.84. The van der Waals surface area contributed by atoms with Crippen LogP contribution in [0.2, 0.25) is 5.02 Å². The summed E-state index contributed by atoms with van der Waals surface area (Å²) < 4.78 is 11.6. The lowest BCUT2D eigenvalue weighted by Gasteiger charge is -2.30. The highest BCUT2D eigenvalue weighted by atomic mass is 35.5. The number of fused-ring (bicyclic) bond motifs is 1. The Labute approximate surface area is 182 Å². The zero-order valence-corrected chi connectivity index (χ0v) is 18.5. The Hall–Kier alpha value is -2.40. The monoisotopic (exact) mass is 426 g/mol. The Bertz CT molecular complexity index is 1040. The molecule has 3 rings (SSSR count). The molecule has 3 aromatic carbocycles. The van der Waals surface area contributed by atoms with Crippen LogP contribution in [-0.4, -0.2) is 23.3 Å². The average Bonchev–Trinajstić information content (AvgIpc) is 2.71. The molecule has 0 spiro atoms. The Morgan fingerprint density at radius 3 is 2.37 bits per heavy atom. The molecule has 0 aromatic heterocycles. The molecule has 1 unspecified atom stereocenters. The average molecular weight is 427 g/mol. The normalized spacial score (nSPS) is 12.7. The molecule has 0 fully saturated rings. The number of ether oxygens (including phenoxy) is 2. The van der Waals surface area contributed by atoms with Crippen LogP contribution in [0.1, 0.15) is 44.9 Å². The maximum atomic E-state index is 13.0. The van der Waals surface area contributed by atoms with Crippen LogP contribution >= 0.6 is 11.6 Å². The van der Waals surface area contributed by atoms with Gasteiger partial charge in [0.05, 0.1) is 18.8 Å². The van der Waals surface area contributed by atoms with Crippen molar-refractivity contribution in [1.82, 2.24) is 0 Å². The molecule has 5 heteroatoms. The fourth-order valence-corrected chi connectivity index (χ4v) is 3.70. The van der Waals surface area contributed by atoms with Crippen molar-refractivity contribution in [2.75, 3.05) is 6.61 Å². The van der Waals surface area contributed by atoms with Crippen LogP contribution in [0.25, 0.3) is 21.9 Å². The van der Waals surface area contributed by atoms with Gasteiger partial charge in [-0.05, 0) is 73.4 Å². The lowest BCUT2D eigenvalue weighted by molar-refractivity contribution is -0.166. The van der Waals surface area contributed by atoms with Gasteiger partial charge in [0.25, 0.3) is 0 Å². The fourth-order valence-electron chi connectivity index (χ4n) is 3.58. The maximum Gasteiger partial charge on any atom is 0.339 e. The van der Waals surface area contributed by atoms with Crippen molar-refractivity contribution >= 4 is 28.3 Å². The minimum absolute atomic E-state index is 0.232. The van der Waals surface area contributed by atoms with Gasteiger partial charge in [-0.1, -0.05) is 48.0 Å². The summed E-state index contributed by atoms with van der Waals surface area (Å²) in [6.45, 7) is 7.44. The number of aliphatic hydroxyl groups excluding tert-OH is 1. The highest BCUT2D eigenvalue weighted by Crippen LogP contribution is 2.41. The third-order valence-corrected chi connectivity index (χ3v) is 4.96. The lowest BCUT2D eigenvalue weighted by Crippen LogP contribution is -2.30. The maximum absolute atomic E-state index is 13.0. The van der Waals surface area contributed by atoms with Crippen molar-refractivity contribution in [2.24, 2.45) is 0 Å². The first-order chi connectivity index (χ1) is 14.2. The van der Waals surface area contributed by atoms with Crippen molar-refractivity contribution in [2.45, 2.75) is 46.0 Å². The van der Waals surface area contributed by atoms with E-state index in [1.807, 2.05) is 75.4 Å². The van der Waals surface area contributed by atoms with E-state index in [1.165, 1.54) is 0 Å². The molecule has 1 N–H and O–H groups in total. The van der Waals surface area contributed by atoms with Gasteiger partial charge in [0, 0.05) is 10.6 Å². The fraction of sp³-hybridized carbons (Fsp3) is 0.320. The molecule has 0 amide bonds. The molecule has 0 aliphatic carbocycles. The SMILES string of the molecule is CCOC(=O)C(OC(C)(C)C)c1c(CO)cc2ccccc2c1-c1ccc(Cl)cc1. The van der Waals surface area contributed by atoms with Crippen LogP contribution in [-0.2, 0) is 20.9 Å². The smallest absolute Gasteiger partial charge is 0.339 e. The highest BCUT2D eigenvalue weighted by Gasteiger charge is 2.33. The number of benzene rings is 3. The van der Waals surface area contributed by atoms with E-state index in [9.17, 15) is 9.90 Å². The predicted molar refractivity (Wildman–Crippen MR) is 121 cm³/mol. The Kier molecular flexibility index (Phi) is 6.81. The summed E-state index contributed by atoms with van der Waals surface area (Å²) in [4.78, 5) is 13.0. The predicted octanol–water partition coefficient (Wildman–Crippen LogP) is 6.07. The largest absolute Gasteiger partial charge is 0.464 e. The van der Waals surface area contributed by atoms with E-state index < -0.39 is 17.7 Å². The second-order valence-corrected chi connectivity index (χ2v) is 8.51. The summed E-state index contributed by atoms with van der Waals surface area (Å²) in [5.41, 5.74) is 2.35. The van der Waals surface area contributed by atoms with Crippen LogP contribution in [0.3, 0.4) is 0 Å². The first kappa shape index (κ1) is 22.3. The van der Waals surface area contributed by atoms with Crippen molar-refractivity contribution in [3.05, 3.63) is 70.7 Å². The number of halogens is 1. The van der Waals surface area contributed by atoms with E-state index in [2.05, 4.69) is 0 Å². The van der Waals surface area contributed by atoms with Gasteiger partial charge in [0.1, 0.15) is 0 Å². The van der Waals surface area contributed by atoms with Gasteiger partial charge < -0.3 is 14.6 Å². The number of hydrogen-bond donors (Lipinski definition) is 1. The zero-order valence-electron chi connectivity index (χ0n) is 17.7. The molecule has 0 radical (unpaired) electrons. The summed E-state index contributed by atoms with van der Waals surface area (Å²) in [6.07, 6.45) is -0.984. The topological polar surface area (TPSA) is 55.8 Å². The van der Waals surface area contributed by atoms with E-state index in [0.717, 1.165) is 21.9 Å². The summed E-state index contributed by atoms with van der Waals surface area (Å²) in [5, 5.41) is 12.8. The molecule has 0 heterocycles. The van der Waals surface area contributed by atoms with Gasteiger partial charge in [0.15, 0.2) is 6.10 Å². The minimum Gasteiger partial charge on any atom is -0.464 e. The zero-order chi connectivity index (χ0) is 21.9. The van der Waals surface area contributed by atoms with Crippen LogP contribution in [0.4, 0.5) is 0 Å². The summed E-state index contributed by atoms with van der Waals surface area (Å²) in [6, 6.07) is 17.2.